The van der Waals surface area contributed by atoms with Crippen LogP contribution < -0.4 is 4.90 Å². The molecule has 2 saturated heterocycles. The fraction of sp³-hybridized carbons (Fsp3) is 0.583. The molecule has 33 heavy (non-hydrogen) atoms. The predicted octanol–water partition coefficient (Wildman–Crippen LogP) is 2.24. The van der Waals surface area contributed by atoms with Gasteiger partial charge in [-0.15, -0.1) is 0 Å². The van der Waals surface area contributed by atoms with Gasteiger partial charge in [-0.1, -0.05) is 6.07 Å². The molecule has 2 heterocycles. The first-order chi connectivity index (χ1) is 15.5. The summed E-state index contributed by atoms with van der Waals surface area (Å²) in [5, 5.41) is 0. The van der Waals surface area contributed by atoms with Crippen LogP contribution in [0.5, 0.6) is 0 Å². The summed E-state index contributed by atoms with van der Waals surface area (Å²) in [6.07, 6.45) is -0.920. The van der Waals surface area contributed by atoms with Crippen LogP contribution in [-0.4, -0.2) is 72.7 Å². The number of amides is 2. The zero-order chi connectivity index (χ0) is 24.3. The molecule has 0 N–H and O–H groups in total. The van der Waals surface area contributed by atoms with Crippen LogP contribution in [-0.2, 0) is 28.6 Å². The number of carbonyl (C=O) groups excluding carboxylic acids is 4. The monoisotopic (exact) mass is 460 g/mol. The summed E-state index contributed by atoms with van der Waals surface area (Å²) >= 11 is 0. The number of carbonyl (C=O) groups is 4. The van der Waals surface area contributed by atoms with Crippen LogP contribution in [0.2, 0.25) is 0 Å². The number of benzene rings is 1. The minimum absolute atomic E-state index is 0.0596. The van der Waals surface area contributed by atoms with Gasteiger partial charge in [-0.25, -0.2) is 4.79 Å². The number of nitrogens with zero attached hydrogens (tertiary/aromatic N) is 2. The minimum atomic E-state index is -1.53. The molecule has 2 fully saturated rings. The topological polar surface area (TPSA) is 102 Å². The minimum Gasteiger partial charge on any atom is -0.457 e. The number of morpholine rings is 1. The van der Waals surface area contributed by atoms with E-state index in [1.165, 1.54) is 4.90 Å². The Morgan fingerprint density at radius 1 is 1.12 bits per heavy atom. The molecule has 0 spiro atoms. The van der Waals surface area contributed by atoms with Gasteiger partial charge in [-0.05, 0) is 58.2 Å². The third kappa shape index (κ3) is 5.90. The van der Waals surface area contributed by atoms with Crippen LogP contribution >= 0.6 is 0 Å². The molecule has 9 nitrogen and oxygen atoms in total. The van der Waals surface area contributed by atoms with Gasteiger partial charge in [0.25, 0.3) is 11.8 Å². The highest BCUT2D eigenvalue weighted by molar-refractivity contribution is 6.02. The van der Waals surface area contributed by atoms with Gasteiger partial charge in [0.1, 0.15) is 5.60 Å². The molecule has 0 unspecified atom stereocenters. The number of likely N-dealkylation sites (tertiary alicyclic amines) is 1. The first-order valence-corrected chi connectivity index (χ1v) is 11.2. The summed E-state index contributed by atoms with van der Waals surface area (Å²) < 4.78 is 16.1. The van der Waals surface area contributed by atoms with Crippen molar-refractivity contribution in [3.63, 3.8) is 0 Å². The van der Waals surface area contributed by atoms with Crippen LogP contribution in [0.25, 0.3) is 0 Å². The molecule has 1 aromatic carbocycles. The summed E-state index contributed by atoms with van der Waals surface area (Å²) in [6, 6.07) is 5.25. The number of hydrogen-bond acceptors (Lipinski definition) is 7. The van der Waals surface area contributed by atoms with Gasteiger partial charge in [0.2, 0.25) is 6.10 Å². The van der Waals surface area contributed by atoms with Gasteiger partial charge in [0.05, 0.1) is 6.61 Å². The lowest BCUT2D eigenvalue weighted by Crippen LogP contribution is -2.56. The maximum atomic E-state index is 13.3. The van der Waals surface area contributed by atoms with E-state index in [4.69, 9.17) is 14.2 Å². The largest absolute Gasteiger partial charge is 0.457 e. The predicted molar refractivity (Wildman–Crippen MR) is 120 cm³/mol. The number of esters is 2. The molecular formula is C24H32N2O7. The van der Waals surface area contributed by atoms with E-state index in [1.807, 2.05) is 11.8 Å². The van der Waals surface area contributed by atoms with Crippen molar-refractivity contribution < 1.29 is 33.4 Å². The van der Waals surface area contributed by atoms with E-state index in [0.717, 1.165) is 38.4 Å². The summed E-state index contributed by atoms with van der Waals surface area (Å²) in [4.78, 5) is 54.0. The van der Waals surface area contributed by atoms with Crippen molar-refractivity contribution in [1.82, 2.24) is 4.90 Å². The van der Waals surface area contributed by atoms with E-state index >= 15 is 0 Å². The maximum Gasteiger partial charge on any atom is 0.351 e. The molecule has 1 aromatic rings. The Morgan fingerprint density at radius 2 is 1.79 bits per heavy atom. The number of aryl methyl sites for hydroxylation is 1. The van der Waals surface area contributed by atoms with Crippen molar-refractivity contribution in [2.75, 3.05) is 31.1 Å². The van der Waals surface area contributed by atoms with Crippen LogP contribution in [0.3, 0.4) is 0 Å². The summed E-state index contributed by atoms with van der Waals surface area (Å²) in [7, 11) is 0. The molecule has 2 aliphatic heterocycles. The van der Waals surface area contributed by atoms with Crippen LogP contribution in [0.15, 0.2) is 18.2 Å². The molecule has 2 atom stereocenters. The molecule has 0 radical (unpaired) electrons. The third-order valence-corrected chi connectivity index (χ3v) is 5.49. The Morgan fingerprint density at radius 3 is 2.39 bits per heavy atom. The molecule has 2 aliphatic rings. The molecule has 0 saturated carbocycles. The van der Waals surface area contributed by atoms with E-state index in [9.17, 15) is 19.2 Å². The molecule has 9 heteroatoms. The van der Waals surface area contributed by atoms with E-state index < -0.39 is 35.7 Å². The van der Waals surface area contributed by atoms with E-state index in [2.05, 4.69) is 0 Å². The van der Waals surface area contributed by atoms with Crippen LogP contribution in [0.1, 0.15) is 56.5 Å². The van der Waals surface area contributed by atoms with Crippen LogP contribution in [0.4, 0.5) is 5.69 Å². The number of rotatable bonds is 5. The molecule has 0 aliphatic carbocycles. The molecule has 0 bridgehead atoms. The highest BCUT2D eigenvalue weighted by atomic mass is 16.6. The van der Waals surface area contributed by atoms with Crippen molar-refractivity contribution in [1.29, 1.82) is 0 Å². The molecule has 180 valence electrons. The zero-order valence-electron chi connectivity index (χ0n) is 19.9. The Bertz CT molecular complexity index is 931. The van der Waals surface area contributed by atoms with Gasteiger partial charge < -0.3 is 24.0 Å². The van der Waals surface area contributed by atoms with Gasteiger partial charge in [-0.2, -0.15) is 0 Å². The summed E-state index contributed by atoms with van der Waals surface area (Å²) in [5.41, 5.74) is 1.04. The Hall–Kier alpha value is -2.94. The van der Waals surface area contributed by atoms with E-state index in [1.54, 1.807) is 39.0 Å². The van der Waals surface area contributed by atoms with Crippen molar-refractivity contribution in [3.05, 3.63) is 29.3 Å². The second kappa shape index (κ2) is 9.91. The Kier molecular flexibility index (Phi) is 7.41. The standard InChI is InChI=1S/C24H32N2O7/c1-15-8-9-17(14-18(15)21(28)25-10-6-7-11-25)26-12-13-31-19(22(26)29)20(32-16(2)27)23(30)33-24(3,4)5/h8-9,14,19-20H,6-7,10-13H2,1-5H3/t19-,20-/m1/s1. The number of ether oxygens (including phenoxy) is 3. The first kappa shape index (κ1) is 24.7. The Balaban J connectivity index is 1.87. The third-order valence-electron chi connectivity index (χ3n) is 5.49. The Labute approximate surface area is 193 Å². The normalized spacial score (nSPS) is 19.9. The average Bonchev–Trinajstić information content (AvgIpc) is 3.26. The van der Waals surface area contributed by atoms with Crippen molar-refractivity contribution in [3.8, 4) is 0 Å². The molecule has 2 amide bonds. The summed E-state index contributed by atoms with van der Waals surface area (Å²) in [5.74, 6) is -2.18. The lowest BCUT2D eigenvalue weighted by molar-refractivity contribution is -0.188. The lowest BCUT2D eigenvalue weighted by atomic mass is 10.0. The van der Waals surface area contributed by atoms with Gasteiger partial charge >= 0.3 is 11.9 Å². The second-order valence-corrected chi connectivity index (χ2v) is 9.34. The van der Waals surface area contributed by atoms with Gasteiger partial charge in [0.15, 0.2) is 6.10 Å². The maximum absolute atomic E-state index is 13.3. The van der Waals surface area contributed by atoms with Gasteiger partial charge in [-0.3, -0.25) is 14.4 Å². The molecule has 0 aromatic heterocycles. The fourth-order valence-corrected chi connectivity index (χ4v) is 3.95. The van der Waals surface area contributed by atoms with E-state index in [-0.39, 0.29) is 19.1 Å². The molecular weight excluding hydrogens is 428 g/mol. The highest BCUT2D eigenvalue weighted by Crippen LogP contribution is 2.26. The zero-order valence-corrected chi connectivity index (χ0v) is 19.9. The quantitative estimate of drug-likeness (QED) is 0.621. The number of anilines is 1. The lowest BCUT2D eigenvalue weighted by Gasteiger charge is -2.36. The summed E-state index contributed by atoms with van der Waals surface area (Å²) in [6.45, 7) is 9.85. The average molecular weight is 461 g/mol. The van der Waals surface area contributed by atoms with Crippen molar-refractivity contribution >= 4 is 29.4 Å². The smallest absolute Gasteiger partial charge is 0.351 e. The SMILES string of the molecule is CC(=O)O[C@@H](C(=O)OC(C)(C)C)[C@H]1OCCN(c2ccc(C)c(C(=O)N3CCCC3)c2)C1=O. The van der Waals surface area contributed by atoms with E-state index in [0.29, 0.717) is 11.3 Å². The fourth-order valence-electron chi connectivity index (χ4n) is 3.95. The first-order valence-electron chi connectivity index (χ1n) is 11.2. The second-order valence-electron chi connectivity index (χ2n) is 9.34. The number of hydrogen-bond donors (Lipinski definition) is 0. The van der Waals surface area contributed by atoms with Crippen molar-refractivity contribution in [2.24, 2.45) is 0 Å². The van der Waals surface area contributed by atoms with Crippen molar-refractivity contribution in [2.45, 2.75) is 65.3 Å². The highest BCUT2D eigenvalue weighted by Gasteiger charge is 2.44. The molecule has 3 rings (SSSR count). The van der Waals surface area contributed by atoms with Gasteiger partial charge in [0, 0.05) is 37.8 Å². The van der Waals surface area contributed by atoms with Crippen LogP contribution in [0, 0.1) is 6.92 Å².